The van der Waals surface area contributed by atoms with Crippen LogP contribution in [0.25, 0.3) is 0 Å². The van der Waals surface area contributed by atoms with E-state index in [9.17, 15) is 15.8 Å². The van der Waals surface area contributed by atoms with Crippen LogP contribution in [0.1, 0.15) is 36.4 Å². The van der Waals surface area contributed by atoms with Crippen LogP contribution in [0.2, 0.25) is 0 Å². The van der Waals surface area contributed by atoms with Gasteiger partial charge in [-0.25, -0.2) is 0 Å². The molecule has 0 aromatic carbocycles. The van der Waals surface area contributed by atoms with Crippen molar-refractivity contribution >= 4 is 0 Å². The maximum absolute atomic E-state index is 9.90. The first-order chi connectivity index (χ1) is 11.5. The number of nitriles is 3. The molecule has 0 aliphatic heterocycles. The second-order valence-electron chi connectivity index (χ2n) is 6.45. The topological polar surface area (TPSA) is 115 Å². The van der Waals surface area contributed by atoms with Gasteiger partial charge in [0.15, 0.2) is 5.41 Å². The first kappa shape index (κ1) is 15.8. The number of rotatable bonds is 1. The molecule has 1 aromatic heterocycles. The SMILES string of the molecule is Cc1nn(C)cc1[C@@H]1[C@H]2CCCC=C2C(C#N)=C(N)C1(C#N)C#N. The van der Waals surface area contributed by atoms with E-state index >= 15 is 0 Å². The van der Waals surface area contributed by atoms with Gasteiger partial charge in [0.1, 0.15) is 6.07 Å². The van der Waals surface area contributed by atoms with Gasteiger partial charge in [-0.1, -0.05) is 6.08 Å². The molecule has 3 rings (SSSR count). The summed E-state index contributed by atoms with van der Waals surface area (Å²) in [4.78, 5) is 0. The summed E-state index contributed by atoms with van der Waals surface area (Å²) in [7, 11) is 1.82. The van der Waals surface area contributed by atoms with E-state index in [1.165, 1.54) is 0 Å². The maximum Gasteiger partial charge on any atom is 0.191 e. The van der Waals surface area contributed by atoms with Crippen molar-refractivity contribution in [1.82, 2.24) is 9.78 Å². The number of hydrogen-bond donors (Lipinski definition) is 1. The molecule has 24 heavy (non-hydrogen) atoms. The van der Waals surface area contributed by atoms with Gasteiger partial charge >= 0.3 is 0 Å². The Morgan fingerprint density at radius 2 is 2.04 bits per heavy atom. The molecule has 0 unspecified atom stereocenters. The summed E-state index contributed by atoms with van der Waals surface area (Å²) >= 11 is 0. The molecule has 1 heterocycles. The minimum absolute atomic E-state index is 0.0668. The number of nitrogens with two attached hydrogens (primary N) is 1. The number of fused-ring (bicyclic) bond motifs is 1. The van der Waals surface area contributed by atoms with E-state index in [1.807, 2.05) is 26.2 Å². The number of allylic oxidation sites excluding steroid dienone is 4. The lowest BCUT2D eigenvalue weighted by Gasteiger charge is -2.43. The van der Waals surface area contributed by atoms with Crippen LogP contribution in [-0.2, 0) is 7.05 Å². The molecule has 0 spiro atoms. The van der Waals surface area contributed by atoms with Gasteiger partial charge in [-0.15, -0.1) is 0 Å². The molecule has 0 saturated heterocycles. The molecule has 2 aliphatic carbocycles. The molecular weight excluding hydrogens is 300 g/mol. The van der Waals surface area contributed by atoms with Crippen LogP contribution in [0, 0.1) is 52.2 Å². The highest BCUT2D eigenvalue weighted by Crippen LogP contribution is 2.56. The van der Waals surface area contributed by atoms with Crippen molar-refractivity contribution in [3.63, 3.8) is 0 Å². The lowest BCUT2D eigenvalue weighted by atomic mass is 9.57. The zero-order valence-electron chi connectivity index (χ0n) is 13.7. The smallest absolute Gasteiger partial charge is 0.191 e. The quantitative estimate of drug-likeness (QED) is 0.853. The fourth-order valence-corrected chi connectivity index (χ4v) is 4.14. The number of nitrogens with zero attached hydrogens (tertiary/aromatic N) is 5. The van der Waals surface area contributed by atoms with Crippen LogP contribution < -0.4 is 5.73 Å². The molecule has 0 fully saturated rings. The Balaban J connectivity index is 2.36. The van der Waals surface area contributed by atoms with Crippen LogP contribution in [0.4, 0.5) is 0 Å². The lowest BCUT2D eigenvalue weighted by molar-refractivity contribution is 0.316. The van der Waals surface area contributed by atoms with Crippen molar-refractivity contribution in [3.8, 4) is 18.2 Å². The first-order valence-corrected chi connectivity index (χ1v) is 7.93. The Kier molecular flexibility index (Phi) is 3.66. The molecule has 6 heteroatoms. The van der Waals surface area contributed by atoms with Gasteiger partial charge in [-0.05, 0) is 43.2 Å². The van der Waals surface area contributed by atoms with Gasteiger partial charge in [-0.2, -0.15) is 20.9 Å². The third-order valence-electron chi connectivity index (χ3n) is 5.19. The van der Waals surface area contributed by atoms with E-state index < -0.39 is 11.3 Å². The van der Waals surface area contributed by atoms with E-state index in [-0.39, 0.29) is 11.6 Å². The van der Waals surface area contributed by atoms with Crippen molar-refractivity contribution in [2.45, 2.75) is 32.1 Å². The van der Waals surface area contributed by atoms with Crippen molar-refractivity contribution in [3.05, 3.63) is 40.4 Å². The van der Waals surface area contributed by atoms with Crippen molar-refractivity contribution in [2.75, 3.05) is 0 Å². The number of aryl methyl sites for hydroxylation is 2. The molecule has 0 saturated carbocycles. The Bertz CT molecular complexity index is 866. The van der Waals surface area contributed by atoms with E-state index in [0.717, 1.165) is 36.1 Å². The zero-order chi connectivity index (χ0) is 17.5. The largest absolute Gasteiger partial charge is 0.399 e. The third-order valence-corrected chi connectivity index (χ3v) is 5.19. The highest BCUT2D eigenvalue weighted by atomic mass is 15.2. The highest BCUT2D eigenvalue weighted by Gasteiger charge is 2.54. The Labute approximate surface area is 141 Å². The van der Waals surface area contributed by atoms with Crippen LogP contribution in [0.15, 0.2) is 29.1 Å². The van der Waals surface area contributed by atoms with Gasteiger partial charge in [0.2, 0.25) is 0 Å². The third kappa shape index (κ3) is 1.95. The van der Waals surface area contributed by atoms with Crippen molar-refractivity contribution in [2.24, 2.45) is 24.1 Å². The maximum atomic E-state index is 9.90. The van der Waals surface area contributed by atoms with E-state index in [0.29, 0.717) is 5.57 Å². The van der Waals surface area contributed by atoms with E-state index in [2.05, 4.69) is 23.3 Å². The van der Waals surface area contributed by atoms with E-state index in [1.54, 1.807) is 4.68 Å². The van der Waals surface area contributed by atoms with Crippen LogP contribution >= 0.6 is 0 Å². The van der Waals surface area contributed by atoms with Crippen LogP contribution in [0.3, 0.4) is 0 Å². The number of hydrogen-bond acceptors (Lipinski definition) is 5. The molecule has 0 amide bonds. The molecule has 2 N–H and O–H groups in total. The van der Waals surface area contributed by atoms with Crippen molar-refractivity contribution < 1.29 is 0 Å². The van der Waals surface area contributed by atoms with Gasteiger partial charge in [0.25, 0.3) is 0 Å². The molecule has 6 nitrogen and oxygen atoms in total. The molecule has 120 valence electrons. The van der Waals surface area contributed by atoms with Crippen molar-refractivity contribution in [1.29, 1.82) is 15.8 Å². The van der Waals surface area contributed by atoms with Gasteiger partial charge in [0.05, 0.1) is 29.1 Å². The predicted octanol–water partition coefficient (Wildman–Crippen LogP) is 2.32. The number of aromatic nitrogens is 2. The minimum atomic E-state index is -1.54. The average Bonchev–Trinajstić information content (AvgIpc) is 2.92. The molecule has 0 bridgehead atoms. The monoisotopic (exact) mass is 318 g/mol. The summed E-state index contributed by atoms with van der Waals surface area (Å²) in [5.41, 5.74) is 7.60. The van der Waals surface area contributed by atoms with Gasteiger partial charge in [0, 0.05) is 19.2 Å². The molecule has 2 atom stereocenters. The van der Waals surface area contributed by atoms with Gasteiger partial charge in [-0.3, -0.25) is 4.68 Å². The first-order valence-electron chi connectivity index (χ1n) is 7.93. The Morgan fingerprint density at radius 3 is 2.58 bits per heavy atom. The van der Waals surface area contributed by atoms with Crippen LogP contribution in [-0.4, -0.2) is 9.78 Å². The Hall–Kier alpha value is -3.04. The summed E-state index contributed by atoms with van der Waals surface area (Å²) in [5.74, 6) is -0.479. The molecule has 2 aliphatic rings. The fourth-order valence-electron chi connectivity index (χ4n) is 4.14. The molecular formula is C18H18N6. The summed E-state index contributed by atoms with van der Waals surface area (Å²) in [6.45, 7) is 1.88. The van der Waals surface area contributed by atoms with Gasteiger partial charge < -0.3 is 5.73 Å². The highest BCUT2D eigenvalue weighted by molar-refractivity contribution is 5.59. The summed E-state index contributed by atoms with van der Waals surface area (Å²) in [5, 5.41) is 33.8. The second-order valence-corrected chi connectivity index (χ2v) is 6.45. The summed E-state index contributed by atoms with van der Waals surface area (Å²) in [6, 6.07) is 6.41. The minimum Gasteiger partial charge on any atom is -0.399 e. The summed E-state index contributed by atoms with van der Waals surface area (Å²) in [6.07, 6.45) is 6.58. The fraction of sp³-hybridized carbons (Fsp3) is 0.444. The zero-order valence-corrected chi connectivity index (χ0v) is 13.7. The average molecular weight is 318 g/mol. The normalized spacial score (nSPS) is 25.0. The standard InChI is InChI=1S/C18H18N6/c1-11-15(8-24(2)23-11)16-13-6-4-3-5-12(13)14(7-19)17(22)18(16,9-20)10-21/h5,8,13,16H,3-4,6,22H2,1-2H3/t13-,16-/m0/s1. The summed E-state index contributed by atoms with van der Waals surface area (Å²) < 4.78 is 1.69. The molecule has 0 radical (unpaired) electrons. The lowest BCUT2D eigenvalue weighted by Crippen LogP contribution is -2.42. The molecule has 1 aromatic rings. The predicted molar refractivity (Wildman–Crippen MR) is 86.6 cm³/mol. The second kappa shape index (κ2) is 5.55. The van der Waals surface area contributed by atoms with Crippen LogP contribution in [0.5, 0.6) is 0 Å². The van der Waals surface area contributed by atoms with E-state index in [4.69, 9.17) is 5.73 Å². The Morgan fingerprint density at radius 1 is 1.33 bits per heavy atom.